The highest BCUT2D eigenvalue weighted by Crippen LogP contribution is 2.42. The molecular formula is C43H27N3. The molecule has 9 aromatic rings. The van der Waals surface area contributed by atoms with Crippen LogP contribution in [0.5, 0.6) is 0 Å². The second kappa shape index (κ2) is 10.4. The summed E-state index contributed by atoms with van der Waals surface area (Å²) >= 11 is 0. The molecule has 2 aromatic heterocycles. The summed E-state index contributed by atoms with van der Waals surface area (Å²) in [5.74, 6) is 0. The number of rotatable bonds is 4. The van der Waals surface area contributed by atoms with E-state index >= 15 is 0 Å². The van der Waals surface area contributed by atoms with Crippen molar-refractivity contribution < 1.29 is 0 Å². The van der Waals surface area contributed by atoms with Gasteiger partial charge in [-0.05, 0) is 53.6 Å². The van der Waals surface area contributed by atoms with Gasteiger partial charge < -0.3 is 9.13 Å². The summed E-state index contributed by atoms with van der Waals surface area (Å²) < 4.78 is 4.80. The van der Waals surface area contributed by atoms with Gasteiger partial charge in [-0.3, -0.25) is 0 Å². The molecule has 0 unspecified atom stereocenters. The minimum atomic E-state index is 0.631. The first-order valence-electron chi connectivity index (χ1n) is 15.5. The van der Waals surface area contributed by atoms with Crippen LogP contribution in [0.15, 0.2) is 164 Å². The largest absolute Gasteiger partial charge is 0.309 e. The molecule has 0 radical (unpaired) electrons. The van der Waals surface area contributed by atoms with Crippen LogP contribution >= 0.6 is 0 Å². The van der Waals surface area contributed by atoms with E-state index in [9.17, 15) is 0 Å². The fourth-order valence-electron chi connectivity index (χ4n) is 7.15. The fourth-order valence-corrected chi connectivity index (χ4v) is 7.15. The average molecular weight is 586 g/mol. The van der Waals surface area contributed by atoms with Gasteiger partial charge in [-0.2, -0.15) is 0 Å². The van der Waals surface area contributed by atoms with Crippen LogP contribution in [0, 0.1) is 6.57 Å². The van der Waals surface area contributed by atoms with Gasteiger partial charge in [0.25, 0.3) is 0 Å². The fraction of sp³-hybridized carbons (Fsp3) is 0. The van der Waals surface area contributed by atoms with E-state index in [1.807, 2.05) is 18.2 Å². The average Bonchev–Trinajstić information content (AvgIpc) is 3.64. The molecule has 0 aliphatic heterocycles. The summed E-state index contributed by atoms with van der Waals surface area (Å²) in [5.41, 5.74) is 11.9. The van der Waals surface area contributed by atoms with Crippen LogP contribution in [0.3, 0.4) is 0 Å². The van der Waals surface area contributed by atoms with Gasteiger partial charge >= 0.3 is 0 Å². The van der Waals surface area contributed by atoms with Crippen molar-refractivity contribution in [1.82, 2.24) is 9.13 Å². The molecule has 7 aromatic carbocycles. The van der Waals surface area contributed by atoms with Crippen LogP contribution in [0.25, 0.3) is 82.1 Å². The Hall–Kier alpha value is -6.37. The van der Waals surface area contributed by atoms with E-state index in [2.05, 4.69) is 160 Å². The lowest BCUT2D eigenvalue weighted by Gasteiger charge is -2.19. The smallest absolute Gasteiger partial charge is 0.187 e. The molecule has 9 rings (SSSR count). The molecule has 0 fully saturated rings. The van der Waals surface area contributed by atoms with E-state index in [1.165, 1.54) is 32.6 Å². The van der Waals surface area contributed by atoms with Crippen molar-refractivity contribution in [3.05, 3.63) is 175 Å². The van der Waals surface area contributed by atoms with Crippen LogP contribution in [-0.4, -0.2) is 9.13 Å². The Kier molecular flexibility index (Phi) is 5.88. The Labute approximate surface area is 266 Å². The van der Waals surface area contributed by atoms with E-state index in [0.717, 1.165) is 44.7 Å². The molecule has 214 valence electrons. The third-order valence-corrected chi connectivity index (χ3v) is 9.13. The molecular weight excluding hydrogens is 558 g/mol. The van der Waals surface area contributed by atoms with Crippen LogP contribution in [0.1, 0.15) is 0 Å². The maximum absolute atomic E-state index is 7.69. The van der Waals surface area contributed by atoms with Gasteiger partial charge in [-0.25, -0.2) is 4.85 Å². The predicted octanol–water partition coefficient (Wildman–Crippen LogP) is 11.8. The van der Waals surface area contributed by atoms with Crippen LogP contribution < -0.4 is 0 Å². The van der Waals surface area contributed by atoms with E-state index in [0.29, 0.717) is 5.69 Å². The number of hydrogen-bond donors (Lipinski definition) is 0. The summed E-state index contributed by atoms with van der Waals surface area (Å²) in [7, 11) is 0. The topological polar surface area (TPSA) is 14.2 Å². The van der Waals surface area contributed by atoms with Crippen molar-refractivity contribution in [2.75, 3.05) is 0 Å². The van der Waals surface area contributed by atoms with E-state index in [1.54, 1.807) is 0 Å². The van der Waals surface area contributed by atoms with Crippen LogP contribution in [0.2, 0.25) is 0 Å². The molecule has 3 heteroatoms. The summed E-state index contributed by atoms with van der Waals surface area (Å²) in [6.07, 6.45) is 0. The number of para-hydroxylation sites is 4. The molecule has 0 N–H and O–H groups in total. The van der Waals surface area contributed by atoms with Gasteiger partial charge in [-0.1, -0.05) is 121 Å². The van der Waals surface area contributed by atoms with Gasteiger partial charge in [-0.15, -0.1) is 0 Å². The molecule has 2 heterocycles. The second-order valence-corrected chi connectivity index (χ2v) is 11.7. The van der Waals surface area contributed by atoms with Crippen LogP contribution in [-0.2, 0) is 0 Å². The van der Waals surface area contributed by atoms with Crippen molar-refractivity contribution in [1.29, 1.82) is 0 Å². The van der Waals surface area contributed by atoms with Gasteiger partial charge in [0.1, 0.15) is 0 Å². The third kappa shape index (κ3) is 3.91. The predicted molar refractivity (Wildman–Crippen MR) is 192 cm³/mol. The summed E-state index contributed by atoms with van der Waals surface area (Å²) in [5, 5.41) is 4.90. The number of benzene rings is 7. The highest BCUT2D eigenvalue weighted by molar-refractivity contribution is 6.13. The molecule has 0 saturated heterocycles. The van der Waals surface area contributed by atoms with Crippen LogP contribution in [0.4, 0.5) is 5.69 Å². The first-order valence-corrected chi connectivity index (χ1v) is 15.5. The Balaban J connectivity index is 1.38. The number of fused-ring (bicyclic) bond motifs is 6. The number of nitrogens with zero attached hydrogens (tertiary/aromatic N) is 3. The Bertz CT molecular complexity index is 2600. The summed E-state index contributed by atoms with van der Waals surface area (Å²) in [6.45, 7) is 7.69. The van der Waals surface area contributed by atoms with Crippen molar-refractivity contribution in [2.45, 2.75) is 0 Å². The maximum Gasteiger partial charge on any atom is 0.187 e. The Morgan fingerprint density at radius 3 is 1.59 bits per heavy atom. The summed E-state index contributed by atoms with van der Waals surface area (Å²) in [6, 6.07) is 57.9. The van der Waals surface area contributed by atoms with Gasteiger partial charge in [0.2, 0.25) is 0 Å². The minimum Gasteiger partial charge on any atom is -0.309 e. The van der Waals surface area contributed by atoms with E-state index < -0.39 is 0 Å². The van der Waals surface area contributed by atoms with Crippen molar-refractivity contribution in [3.63, 3.8) is 0 Å². The van der Waals surface area contributed by atoms with Crippen molar-refractivity contribution >= 4 is 49.3 Å². The van der Waals surface area contributed by atoms with Gasteiger partial charge in [0.15, 0.2) is 5.69 Å². The van der Waals surface area contributed by atoms with Crippen molar-refractivity contribution in [2.24, 2.45) is 0 Å². The zero-order chi connectivity index (χ0) is 30.6. The molecule has 3 nitrogen and oxygen atoms in total. The number of hydrogen-bond acceptors (Lipinski definition) is 0. The lowest BCUT2D eigenvalue weighted by molar-refractivity contribution is 1.17. The van der Waals surface area contributed by atoms with E-state index in [-0.39, 0.29) is 0 Å². The van der Waals surface area contributed by atoms with Gasteiger partial charge in [0, 0.05) is 38.4 Å². The maximum atomic E-state index is 7.69. The molecule has 46 heavy (non-hydrogen) atoms. The quantitative estimate of drug-likeness (QED) is 0.182. The standard InChI is InChI=1S/C43H27N3/c1-44-31-16-11-15-30(27-31)34-21-12-20-33(29-13-3-2-4-14-29)43(34)46-41-24-10-7-19-37(41)38-28-32(25-26-42(38)46)45-39-22-8-5-17-35(39)36-18-6-9-23-40(36)45/h2-28H. The molecule has 0 aliphatic carbocycles. The molecule has 0 amide bonds. The lowest BCUT2D eigenvalue weighted by Crippen LogP contribution is -2.01. The molecule has 0 aliphatic rings. The van der Waals surface area contributed by atoms with Gasteiger partial charge in [0.05, 0.1) is 34.3 Å². The highest BCUT2D eigenvalue weighted by atomic mass is 15.0. The second-order valence-electron chi connectivity index (χ2n) is 11.7. The summed E-state index contributed by atoms with van der Waals surface area (Å²) in [4.78, 5) is 3.75. The SMILES string of the molecule is [C-]#[N+]c1cccc(-c2cccc(-c3ccccc3)c2-n2c3ccccc3c3cc(-n4c5ccccc5c5ccccc54)ccc32)c1. The van der Waals surface area contributed by atoms with Crippen molar-refractivity contribution in [3.8, 4) is 33.6 Å². The first kappa shape index (κ1) is 26.1. The Morgan fingerprint density at radius 1 is 0.391 bits per heavy atom. The molecule has 0 saturated carbocycles. The first-order chi connectivity index (χ1) is 22.8. The zero-order valence-corrected chi connectivity index (χ0v) is 24.9. The monoisotopic (exact) mass is 585 g/mol. The lowest BCUT2D eigenvalue weighted by atomic mass is 9.95. The third-order valence-electron chi connectivity index (χ3n) is 9.13. The molecule has 0 atom stereocenters. The van der Waals surface area contributed by atoms with E-state index in [4.69, 9.17) is 6.57 Å². The molecule has 0 bridgehead atoms. The minimum absolute atomic E-state index is 0.631. The normalized spacial score (nSPS) is 11.5. The number of aromatic nitrogens is 2. The Morgan fingerprint density at radius 2 is 0.913 bits per heavy atom. The molecule has 0 spiro atoms. The highest BCUT2D eigenvalue weighted by Gasteiger charge is 2.21. The zero-order valence-electron chi connectivity index (χ0n) is 24.9.